The van der Waals surface area contributed by atoms with Crippen molar-refractivity contribution in [2.75, 3.05) is 11.4 Å². The minimum absolute atomic E-state index is 0.0978. The van der Waals surface area contributed by atoms with E-state index in [-0.39, 0.29) is 5.91 Å². The number of anilines is 1. The number of carbonyl (C=O) groups is 1. The van der Waals surface area contributed by atoms with Gasteiger partial charge in [-0.05, 0) is 36.6 Å². The second kappa shape index (κ2) is 6.51. The van der Waals surface area contributed by atoms with Crippen LogP contribution < -0.4 is 4.90 Å². The number of hydrogen-bond donors (Lipinski definition) is 0. The summed E-state index contributed by atoms with van der Waals surface area (Å²) in [5.74, 6) is 1.10. The summed E-state index contributed by atoms with van der Waals surface area (Å²) in [5.41, 5.74) is 4.28. The highest BCUT2D eigenvalue weighted by Gasteiger charge is 2.24. The first kappa shape index (κ1) is 15.6. The van der Waals surface area contributed by atoms with Gasteiger partial charge in [-0.2, -0.15) is 0 Å². The largest absolute Gasteiger partial charge is 0.421 e. The van der Waals surface area contributed by atoms with Crippen molar-refractivity contribution in [2.24, 2.45) is 0 Å². The average molecular weight is 333 g/mol. The maximum atomic E-state index is 12.5. The highest BCUT2D eigenvalue weighted by atomic mass is 16.4. The number of aromatic nitrogens is 2. The molecule has 2 heterocycles. The maximum absolute atomic E-state index is 12.5. The first-order chi connectivity index (χ1) is 12.2. The first-order valence-corrected chi connectivity index (χ1v) is 8.49. The van der Waals surface area contributed by atoms with E-state index in [2.05, 4.69) is 16.3 Å². The molecular weight excluding hydrogens is 314 g/mol. The minimum Gasteiger partial charge on any atom is -0.421 e. The van der Waals surface area contributed by atoms with Crippen LogP contribution in [0.2, 0.25) is 0 Å². The van der Waals surface area contributed by atoms with Crippen LogP contribution in [0.4, 0.5) is 5.69 Å². The molecule has 1 aromatic heterocycles. The Kier molecular flexibility index (Phi) is 4.06. The molecule has 4 rings (SSSR count). The van der Waals surface area contributed by atoms with Crippen molar-refractivity contribution in [1.29, 1.82) is 0 Å². The molecule has 1 amide bonds. The third kappa shape index (κ3) is 3.05. The Bertz CT molecular complexity index is 917. The Labute approximate surface area is 146 Å². The average Bonchev–Trinajstić information content (AvgIpc) is 3.27. The zero-order chi connectivity index (χ0) is 17.2. The van der Waals surface area contributed by atoms with E-state index < -0.39 is 0 Å². The van der Waals surface area contributed by atoms with E-state index in [1.165, 1.54) is 5.56 Å². The van der Waals surface area contributed by atoms with E-state index in [0.29, 0.717) is 24.6 Å². The van der Waals surface area contributed by atoms with Crippen LogP contribution in [0.3, 0.4) is 0 Å². The summed E-state index contributed by atoms with van der Waals surface area (Å²) in [5, 5.41) is 8.21. The van der Waals surface area contributed by atoms with Gasteiger partial charge in [0.15, 0.2) is 0 Å². The van der Waals surface area contributed by atoms with Gasteiger partial charge in [0.2, 0.25) is 17.7 Å². The SMILES string of the molecule is Cc1ccccc1-c1nnc(CCC(=O)N2CCc3ccccc32)o1. The van der Waals surface area contributed by atoms with Gasteiger partial charge in [-0.3, -0.25) is 4.79 Å². The number of amides is 1. The molecule has 0 N–H and O–H groups in total. The number of nitrogens with zero attached hydrogens (tertiary/aromatic N) is 3. The van der Waals surface area contributed by atoms with E-state index >= 15 is 0 Å². The Morgan fingerprint density at radius 3 is 2.80 bits per heavy atom. The van der Waals surface area contributed by atoms with E-state index in [1.807, 2.05) is 54.3 Å². The number of benzene rings is 2. The van der Waals surface area contributed by atoms with E-state index in [4.69, 9.17) is 4.42 Å². The fraction of sp³-hybridized carbons (Fsp3) is 0.250. The lowest BCUT2D eigenvalue weighted by Crippen LogP contribution is -2.29. The molecule has 0 fully saturated rings. The fourth-order valence-electron chi connectivity index (χ4n) is 3.22. The summed E-state index contributed by atoms with van der Waals surface area (Å²) < 4.78 is 5.74. The summed E-state index contributed by atoms with van der Waals surface area (Å²) in [7, 11) is 0. The van der Waals surface area contributed by atoms with Gasteiger partial charge in [0.05, 0.1) is 0 Å². The molecule has 1 aliphatic rings. The molecular formula is C20H19N3O2. The molecule has 0 aliphatic carbocycles. The highest BCUT2D eigenvalue weighted by molar-refractivity contribution is 5.95. The molecule has 0 saturated carbocycles. The molecule has 0 unspecified atom stereocenters. The van der Waals surface area contributed by atoms with Crippen LogP contribution in [0.5, 0.6) is 0 Å². The molecule has 0 spiro atoms. The topological polar surface area (TPSA) is 59.2 Å². The predicted molar refractivity (Wildman–Crippen MR) is 95.3 cm³/mol. The lowest BCUT2D eigenvalue weighted by atomic mass is 10.1. The molecule has 3 aromatic rings. The van der Waals surface area contributed by atoms with Crippen molar-refractivity contribution < 1.29 is 9.21 Å². The highest BCUT2D eigenvalue weighted by Crippen LogP contribution is 2.28. The summed E-state index contributed by atoms with van der Waals surface area (Å²) in [4.78, 5) is 14.4. The molecule has 0 atom stereocenters. The molecule has 126 valence electrons. The number of fused-ring (bicyclic) bond motifs is 1. The van der Waals surface area contributed by atoms with Crippen LogP contribution in [0.25, 0.3) is 11.5 Å². The van der Waals surface area contributed by atoms with Gasteiger partial charge < -0.3 is 9.32 Å². The van der Waals surface area contributed by atoms with Gasteiger partial charge in [-0.1, -0.05) is 36.4 Å². The van der Waals surface area contributed by atoms with E-state index in [1.54, 1.807) is 0 Å². The van der Waals surface area contributed by atoms with Crippen molar-refractivity contribution in [2.45, 2.75) is 26.2 Å². The van der Waals surface area contributed by atoms with Crippen molar-refractivity contribution >= 4 is 11.6 Å². The number of hydrogen-bond acceptors (Lipinski definition) is 4. The molecule has 0 saturated heterocycles. The number of para-hydroxylation sites is 1. The molecule has 1 aliphatic heterocycles. The summed E-state index contributed by atoms with van der Waals surface area (Å²) in [6, 6.07) is 15.9. The zero-order valence-corrected chi connectivity index (χ0v) is 14.1. The van der Waals surface area contributed by atoms with E-state index in [0.717, 1.165) is 29.8 Å². The van der Waals surface area contributed by atoms with Crippen molar-refractivity contribution in [3.63, 3.8) is 0 Å². The van der Waals surface area contributed by atoms with Crippen molar-refractivity contribution in [1.82, 2.24) is 10.2 Å². The lowest BCUT2D eigenvalue weighted by molar-refractivity contribution is -0.118. The third-order valence-electron chi connectivity index (χ3n) is 4.58. The van der Waals surface area contributed by atoms with Crippen molar-refractivity contribution in [3.05, 3.63) is 65.5 Å². The molecule has 0 bridgehead atoms. The Morgan fingerprint density at radius 1 is 1.12 bits per heavy atom. The number of rotatable bonds is 4. The Hall–Kier alpha value is -2.95. The standard InChI is InChI=1S/C20H19N3O2/c1-14-6-2-4-8-16(14)20-22-21-18(25-20)10-11-19(24)23-13-12-15-7-3-5-9-17(15)23/h2-9H,10-13H2,1H3. The summed E-state index contributed by atoms with van der Waals surface area (Å²) in [6.45, 7) is 2.75. The summed E-state index contributed by atoms with van der Waals surface area (Å²) >= 11 is 0. The van der Waals surface area contributed by atoms with Gasteiger partial charge in [0.25, 0.3) is 0 Å². The van der Waals surface area contributed by atoms with Gasteiger partial charge in [0, 0.05) is 30.6 Å². The zero-order valence-electron chi connectivity index (χ0n) is 14.1. The van der Waals surface area contributed by atoms with Gasteiger partial charge >= 0.3 is 0 Å². The predicted octanol–water partition coefficient (Wildman–Crippen LogP) is 3.57. The van der Waals surface area contributed by atoms with Crippen LogP contribution in [-0.4, -0.2) is 22.6 Å². The summed E-state index contributed by atoms with van der Waals surface area (Å²) in [6.07, 6.45) is 1.74. The second-order valence-corrected chi connectivity index (χ2v) is 6.24. The monoisotopic (exact) mass is 333 g/mol. The quantitative estimate of drug-likeness (QED) is 0.732. The number of carbonyl (C=O) groups excluding carboxylic acids is 1. The minimum atomic E-state index is 0.0978. The van der Waals surface area contributed by atoms with Crippen LogP contribution in [0.15, 0.2) is 52.9 Å². The van der Waals surface area contributed by atoms with Crippen LogP contribution in [-0.2, 0) is 17.6 Å². The first-order valence-electron chi connectivity index (χ1n) is 8.49. The van der Waals surface area contributed by atoms with Gasteiger partial charge in [0.1, 0.15) is 0 Å². The molecule has 2 aromatic carbocycles. The van der Waals surface area contributed by atoms with Crippen LogP contribution in [0.1, 0.15) is 23.4 Å². The maximum Gasteiger partial charge on any atom is 0.247 e. The Morgan fingerprint density at radius 2 is 1.92 bits per heavy atom. The van der Waals surface area contributed by atoms with Gasteiger partial charge in [-0.25, -0.2) is 0 Å². The molecule has 0 radical (unpaired) electrons. The number of aryl methyl sites for hydroxylation is 2. The molecule has 5 heteroatoms. The van der Waals surface area contributed by atoms with Crippen molar-refractivity contribution in [3.8, 4) is 11.5 Å². The van der Waals surface area contributed by atoms with Crippen LogP contribution in [0, 0.1) is 6.92 Å². The second-order valence-electron chi connectivity index (χ2n) is 6.24. The fourth-order valence-corrected chi connectivity index (χ4v) is 3.22. The normalized spacial score (nSPS) is 13.1. The molecule has 5 nitrogen and oxygen atoms in total. The van der Waals surface area contributed by atoms with E-state index in [9.17, 15) is 4.79 Å². The molecule has 25 heavy (non-hydrogen) atoms. The smallest absolute Gasteiger partial charge is 0.247 e. The van der Waals surface area contributed by atoms with Gasteiger partial charge in [-0.15, -0.1) is 10.2 Å². The third-order valence-corrected chi connectivity index (χ3v) is 4.58. The lowest BCUT2D eigenvalue weighted by Gasteiger charge is -2.16. The van der Waals surface area contributed by atoms with Crippen LogP contribution >= 0.6 is 0 Å². The Balaban J connectivity index is 1.43.